The van der Waals surface area contributed by atoms with E-state index in [0.717, 1.165) is 0 Å². The molecule has 22 nitrogen and oxygen atoms in total. The molecule has 0 spiro atoms. The zero-order valence-electron chi connectivity index (χ0n) is 37.1. The van der Waals surface area contributed by atoms with Crippen molar-refractivity contribution in [1.82, 2.24) is 51.8 Å². The number of carbonyl (C=O) groups is 7. The van der Waals surface area contributed by atoms with E-state index >= 15 is 0 Å². The zero-order valence-corrected chi connectivity index (χ0v) is 38.0. The second-order valence-electron chi connectivity index (χ2n) is 16.1. The predicted molar refractivity (Wildman–Crippen MR) is 245 cm³/mol. The number of nitrogens with zero attached hydrogens (tertiary/aromatic N) is 3. The summed E-state index contributed by atoms with van der Waals surface area (Å²) in [5.74, 6) is -6.28. The molecular weight excluding hydrogens is 861 g/mol. The van der Waals surface area contributed by atoms with Crippen molar-refractivity contribution in [3.05, 3.63) is 72.3 Å². The molecule has 0 fully saturated rings. The number of amides is 6. The number of benzene rings is 1. The Morgan fingerprint density at radius 3 is 1.66 bits per heavy atom. The van der Waals surface area contributed by atoms with Crippen molar-refractivity contribution in [2.45, 2.75) is 115 Å². The summed E-state index contributed by atoms with van der Waals surface area (Å²) in [6.45, 7) is 7.40. The summed E-state index contributed by atoms with van der Waals surface area (Å²) in [7, 11) is 0. The Labute approximate surface area is 383 Å². The van der Waals surface area contributed by atoms with Gasteiger partial charge in [-0.05, 0) is 36.7 Å². The Kier molecular flexibility index (Phi) is 21.9. The van der Waals surface area contributed by atoms with Crippen molar-refractivity contribution < 1.29 is 38.7 Å². The molecule has 65 heavy (non-hydrogen) atoms. The van der Waals surface area contributed by atoms with Gasteiger partial charge in [-0.15, -0.1) is 0 Å². The lowest BCUT2D eigenvalue weighted by Crippen LogP contribution is -2.61. The highest BCUT2D eigenvalue weighted by Crippen LogP contribution is 2.13. The van der Waals surface area contributed by atoms with E-state index in [2.05, 4.69) is 69.5 Å². The molecule has 3 aromatic rings. The minimum Gasteiger partial charge on any atom is -0.480 e. The second kappa shape index (κ2) is 27.0. The molecule has 0 aliphatic carbocycles. The van der Waals surface area contributed by atoms with Crippen LogP contribution in [0.15, 0.2) is 60.4 Å². The van der Waals surface area contributed by atoms with E-state index in [-0.39, 0.29) is 68.6 Å². The fourth-order valence-corrected chi connectivity index (χ4v) is 6.74. The lowest BCUT2D eigenvalue weighted by Gasteiger charge is -2.29. The summed E-state index contributed by atoms with van der Waals surface area (Å²) in [6, 6.07) is 0.191. The number of H-pyrrole nitrogens is 2. The third-order valence-corrected chi connectivity index (χ3v) is 10.8. The van der Waals surface area contributed by atoms with Crippen molar-refractivity contribution in [2.24, 2.45) is 34.0 Å². The maximum atomic E-state index is 14.3. The van der Waals surface area contributed by atoms with Crippen LogP contribution in [-0.2, 0) is 52.8 Å². The minimum atomic E-state index is -1.35. The number of imidazole rings is 2. The highest BCUT2D eigenvalue weighted by Gasteiger charge is 2.35. The highest BCUT2D eigenvalue weighted by molar-refractivity contribution is 7.80. The van der Waals surface area contributed by atoms with Crippen molar-refractivity contribution in [3.8, 4) is 0 Å². The number of rotatable bonds is 28. The molecule has 0 saturated heterocycles. The largest absolute Gasteiger partial charge is 0.480 e. The number of carbonyl (C=O) groups excluding carboxylic acids is 6. The van der Waals surface area contributed by atoms with Crippen LogP contribution in [0.5, 0.6) is 0 Å². The molecular formula is C42H64N14O8S. The van der Waals surface area contributed by atoms with E-state index in [1.165, 1.54) is 25.0 Å². The average Bonchev–Trinajstić information content (AvgIpc) is 4.00. The van der Waals surface area contributed by atoms with Gasteiger partial charge in [0.05, 0.1) is 18.7 Å². The molecule has 356 valence electrons. The number of nitrogens with one attached hydrogen (secondary N) is 8. The molecule has 15 N–H and O–H groups in total. The maximum Gasteiger partial charge on any atom is 0.326 e. The summed E-state index contributed by atoms with van der Waals surface area (Å²) in [5, 5.41) is 26.1. The van der Waals surface area contributed by atoms with Gasteiger partial charge in [0.2, 0.25) is 35.4 Å². The van der Waals surface area contributed by atoms with Gasteiger partial charge in [-0.1, -0.05) is 64.4 Å². The van der Waals surface area contributed by atoms with Crippen LogP contribution in [-0.4, -0.2) is 127 Å². The van der Waals surface area contributed by atoms with Crippen LogP contribution in [0.4, 0.5) is 0 Å². The van der Waals surface area contributed by atoms with Gasteiger partial charge in [0, 0.05) is 55.3 Å². The maximum absolute atomic E-state index is 14.3. The second-order valence-corrected chi connectivity index (χ2v) is 16.5. The van der Waals surface area contributed by atoms with Gasteiger partial charge in [0.25, 0.3) is 0 Å². The lowest BCUT2D eigenvalue weighted by molar-refractivity contribution is -0.142. The number of thiol groups is 1. The SMILES string of the molecule is CC[C@H](C)[C@H](NC(=O)[C@@H](N)CS)C(=O)N[C@@H](Cc1cnc[nH]1)C(=O)N[C@@H](CC(C)C)C(=O)N[C@@H](Cc1cnc[nH]1)C(=O)N[C@@H](Cc1ccccc1)C(=O)N[C@@H](CCCN=C(N)N)C(=O)O. The van der Waals surface area contributed by atoms with Crippen LogP contribution in [0, 0.1) is 11.8 Å². The molecule has 6 amide bonds. The first-order valence-corrected chi connectivity index (χ1v) is 22.0. The lowest BCUT2D eigenvalue weighted by atomic mass is 9.97. The number of guanidine groups is 1. The Balaban J connectivity index is 1.91. The molecule has 3 rings (SSSR count). The fourth-order valence-electron chi connectivity index (χ4n) is 6.57. The first-order chi connectivity index (χ1) is 30.9. The molecule has 0 aliphatic heterocycles. The number of aliphatic carboxylic acids is 1. The number of nitrogens with two attached hydrogens (primary N) is 3. The van der Waals surface area contributed by atoms with E-state index in [0.29, 0.717) is 23.4 Å². The summed E-state index contributed by atoms with van der Waals surface area (Å²) >= 11 is 4.08. The van der Waals surface area contributed by atoms with E-state index in [1.54, 1.807) is 37.3 Å². The number of carboxylic acids is 1. The summed E-state index contributed by atoms with van der Waals surface area (Å²) in [5.41, 5.74) is 18.2. The van der Waals surface area contributed by atoms with Gasteiger partial charge in [-0.3, -0.25) is 33.8 Å². The third-order valence-electron chi connectivity index (χ3n) is 10.4. The minimum absolute atomic E-state index is 0.0160. The predicted octanol–water partition coefficient (Wildman–Crippen LogP) is -1.44. The summed E-state index contributed by atoms with van der Waals surface area (Å²) in [6.07, 6.45) is 6.31. The number of aromatic amines is 2. The summed E-state index contributed by atoms with van der Waals surface area (Å²) < 4.78 is 0. The first-order valence-electron chi connectivity index (χ1n) is 21.4. The van der Waals surface area contributed by atoms with E-state index in [1.807, 2.05) is 20.8 Å². The average molecular weight is 925 g/mol. The number of hydrogen-bond acceptors (Lipinski definition) is 12. The van der Waals surface area contributed by atoms with Gasteiger partial charge >= 0.3 is 5.97 Å². The number of hydrogen-bond donors (Lipinski definition) is 13. The molecule has 1 aromatic carbocycles. The Morgan fingerprint density at radius 1 is 0.708 bits per heavy atom. The van der Waals surface area contributed by atoms with E-state index in [4.69, 9.17) is 17.2 Å². The third kappa shape index (κ3) is 18.3. The first kappa shape index (κ1) is 52.9. The van der Waals surface area contributed by atoms with Crippen molar-refractivity contribution in [1.29, 1.82) is 0 Å². The molecule has 2 heterocycles. The molecule has 0 saturated carbocycles. The van der Waals surface area contributed by atoms with Crippen LogP contribution in [0.3, 0.4) is 0 Å². The van der Waals surface area contributed by atoms with Gasteiger partial charge in [-0.25, -0.2) is 14.8 Å². The summed E-state index contributed by atoms with van der Waals surface area (Å²) in [4.78, 5) is 113. The monoisotopic (exact) mass is 924 g/mol. The molecule has 0 bridgehead atoms. The number of aliphatic imine (C=N–C) groups is 1. The standard InChI is InChI=1S/C42H64N14O8S/c1-5-24(4)34(56-35(57)28(43)20-65)40(62)55-33(17-27-19-47-22-50-27)39(61)52-30(14-23(2)3)36(58)54-32(16-26-18-46-21-49-26)38(60)53-31(15-25-10-7-6-8-11-25)37(59)51-29(41(63)64)12-9-13-48-42(44)45/h6-8,10-11,18-19,21-24,28-34,65H,5,9,12-17,20,43H2,1-4H3,(H,46,49)(H,47,50)(H,51,59)(H,52,61)(H,53,60)(H,54,58)(H,55,62)(H,56,57)(H,63,64)(H4,44,45,48)/t24-,28-,29-,30-,31-,32-,33-,34-/m0/s1. The molecule has 2 aromatic heterocycles. The van der Waals surface area contributed by atoms with Crippen molar-refractivity contribution in [3.63, 3.8) is 0 Å². The topological polar surface area (TPSA) is 360 Å². The molecule has 0 radical (unpaired) electrons. The highest BCUT2D eigenvalue weighted by atomic mass is 32.1. The number of carboxylic acid groups (broad SMARTS) is 1. The molecule has 8 atom stereocenters. The van der Waals surface area contributed by atoms with Crippen LogP contribution < -0.4 is 49.1 Å². The normalized spacial score (nSPS) is 14.8. The molecule has 0 aliphatic rings. The van der Waals surface area contributed by atoms with Crippen LogP contribution in [0.1, 0.15) is 70.3 Å². The Morgan fingerprint density at radius 2 is 1.20 bits per heavy atom. The van der Waals surface area contributed by atoms with Crippen LogP contribution in [0.25, 0.3) is 0 Å². The number of aromatic nitrogens is 4. The fraction of sp³-hybridized carbons (Fsp3) is 0.524. The van der Waals surface area contributed by atoms with Crippen LogP contribution >= 0.6 is 12.6 Å². The Bertz CT molecular complexity index is 2020. The molecule has 0 unspecified atom stereocenters. The zero-order chi connectivity index (χ0) is 48.1. The quantitative estimate of drug-likeness (QED) is 0.0172. The van der Waals surface area contributed by atoms with Crippen LogP contribution in [0.2, 0.25) is 0 Å². The Hall–Kier alpha value is -6.49. The van der Waals surface area contributed by atoms with Gasteiger partial charge in [0.1, 0.15) is 36.3 Å². The molecule has 23 heteroatoms. The van der Waals surface area contributed by atoms with Gasteiger partial charge in [-0.2, -0.15) is 12.6 Å². The van der Waals surface area contributed by atoms with Crippen molar-refractivity contribution >= 4 is 60.0 Å². The smallest absolute Gasteiger partial charge is 0.326 e. The van der Waals surface area contributed by atoms with E-state index < -0.39 is 83.7 Å². The van der Waals surface area contributed by atoms with Gasteiger partial charge in [0.15, 0.2) is 5.96 Å². The van der Waals surface area contributed by atoms with Gasteiger partial charge < -0.3 is 64.2 Å². The van der Waals surface area contributed by atoms with E-state index in [9.17, 15) is 38.7 Å². The van der Waals surface area contributed by atoms with Crippen molar-refractivity contribution in [2.75, 3.05) is 12.3 Å².